The van der Waals surface area contributed by atoms with Gasteiger partial charge in [0.05, 0.1) is 11.3 Å². The molecule has 0 saturated heterocycles. The van der Waals surface area contributed by atoms with E-state index in [-0.39, 0.29) is 5.56 Å². The number of carboxylic acid groups (broad SMARTS) is 1. The van der Waals surface area contributed by atoms with Crippen LogP contribution < -0.4 is 4.90 Å². The molecule has 1 N–H and O–H groups in total. The first-order valence-corrected chi connectivity index (χ1v) is 6.50. The lowest BCUT2D eigenvalue weighted by Gasteiger charge is -2.21. The predicted molar refractivity (Wildman–Crippen MR) is 77.4 cm³/mol. The molecule has 1 aromatic heterocycles. The molecule has 5 heteroatoms. The zero-order chi connectivity index (χ0) is 13.8. The Morgan fingerprint density at radius 1 is 1.42 bits per heavy atom. The summed E-state index contributed by atoms with van der Waals surface area (Å²) in [5.41, 5.74) is 1.99. The standard InChI is InChI=1S/C14H13BrN2O2/c1-17(9-10-3-2-6-16-8-10)13-5-4-11(15)7-12(13)14(18)19/h2-8H,9H2,1H3,(H,18,19). The molecule has 0 fully saturated rings. The number of carbonyl (C=O) groups is 1. The molecular formula is C14H13BrN2O2. The van der Waals surface area contributed by atoms with Crippen LogP contribution in [0.2, 0.25) is 0 Å². The summed E-state index contributed by atoms with van der Waals surface area (Å²) in [6.45, 7) is 0.607. The highest BCUT2D eigenvalue weighted by atomic mass is 79.9. The second kappa shape index (κ2) is 5.84. The Morgan fingerprint density at radius 2 is 2.21 bits per heavy atom. The summed E-state index contributed by atoms with van der Waals surface area (Å²) in [5.74, 6) is -0.936. The van der Waals surface area contributed by atoms with E-state index in [1.807, 2.05) is 30.1 Å². The number of rotatable bonds is 4. The van der Waals surface area contributed by atoms with E-state index >= 15 is 0 Å². The summed E-state index contributed by atoms with van der Waals surface area (Å²) in [4.78, 5) is 17.2. The molecule has 0 spiro atoms. The van der Waals surface area contributed by atoms with Crippen LogP contribution in [0.25, 0.3) is 0 Å². The Kier molecular flexibility index (Phi) is 4.16. The van der Waals surface area contributed by atoms with Gasteiger partial charge in [-0.05, 0) is 29.8 Å². The van der Waals surface area contributed by atoms with Crippen molar-refractivity contribution in [2.24, 2.45) is 0 Å². The van der Waals surface area contributed by atoms with Crippen molar-refractivity contribution >= 4 is 27.6 Å². The second-order valence-electron chi connectivity index (χ2n) is 4.18. The minimum Gasteiger partial charge on any atom is -0.478 e. The SMILES string of the molecule is CN(Cc1cccnc1)c1ccc(Br)cc1C(=O)O. The number of benzene rings is 1. The fourth-order valence-corrected chi connectivity index (χ4v) is 2.22. The van der Waals surface area contributed by atoms with E-state index < -0.39 is 5.97 Å². The van der Waals surface area contributed by atoms with Crippen molar-refractivity contribution in [3.63, 3.8) is 0 Å². The Balaban J connectivity index is 2.28. The summed E-state index contributed by atoms with van der Waals surface area (Å²) in [6.07, 6.45) is 3.49. The van der Waals surface area contributed by atoms with Gasteiger partial charge in [-0.2, -0.15) is 0 Å². The fraction of sp³-hybridized carbons (Fsp3) is 0.143. The van der Waals surface area contributed by atoms with Gasteiger partial charge in [-0.25, -0.2) is 4.79 Å². The average Bonchev–Trinajstić information content (AvgIpc) is 2.39. The van der Waals surface area contributed by atoms with Crippen molar-refractivity contribution in [2.75, 3.05) is 11.9 Å². The average molecular weight is 321 g/mol. The number of anilines is 1. The van der Waals surface area contributed by atoms with Crippen LogP contribution in [0.15, 0.2) is 47.2 Å². The Morgan fingerprint density at radius 3 is 2.84 bits per heavy atom. The third-order valence-electron chi connectivity index (χ3n) is 2.74. The van der Waals surface area contributed by atoms with Crippen LogP contribution in [-0.2, 0) is 6.54 Å². The van der Waals surface area contributed by atoms with E-state index in [0.29, 0.717) is 12.2 Å². The number of nitrogens with zero attached hydrogens (tertiary/aromatic N) is 2. The van der Waals surface area contributed by atoms with Crippen molar-refractivity contribution in [2.45, 2.75) is 6.54 Å². The molecule has 19 heavy (non-hydrogen) atoms. The van der Waals surface area contributed by atoms with Gasteiger partial charge in [0, 0.05) is 30.5 Å². The fourth-order valence-electron chi connectivity index (χ4n) is 1.86. The highest BCUT2D eigenvalue weighted by Crippen LogP contribution is 2.25. The van der Waals surface area contributed by atoms with Gasteiger partial charge < -0.3 is 10.0 Å². The third-order valence-corrected chi connectivity index (χ3v) is 3.24. The van der Waals surface area contributed by atoms with Crippen LogP contribution in [0.1, 0.15) is 15.9 Å². The van der Waals surface area contributed by atoms with Gasteiger partial charge in [-0.15, -0.1) is 0 Å². The molecule has 0 saturated carbocycles. The quantitative estimate of drug-likeness (QED) is 0.940. The molecule has 0 aliphatic heterocycles. The van der Waals surface area contributed by atoms with Crippen molar-refractivity contribution in [1.82, 2.24) is 4.98 Å². The first kappa shape index (κ1) is 13.5. The van der Waals surface area contributed by atoms with Gasteiger partial charge in [-0.3, -0.25) is 4.98 Å². The van der Waals surface area contributed by atoms with E-state index in [2.05, 4.69) is 20.9 Å². The molecule has 0 amide bonds. The molecular weight excluding hydrogens is 308 g/mol. The number of halogens is 1. The molecule has 0 radical (unpaired) electrons. The summed E-state index contributed by atoms with van der Waals surface area (Å²) in [6, 6.07) is 9.06. The maximum atomic E-state index is 11.3. The maximum Gasteiger partial charge on any atom is 0.337 e. The lowest BCUT2D eigenvalue weighted by molar-refractivity contribution is 0.0697. The normalized spacial score (nSPS) is 10.2. The number of pyridine rings is 1. The number of hydrogen-bond acceptors (Lipinski definition) is 3. The van der Waals surface area contributed by atoms with Crippen molar-refractivity contribution < 1.29 is 9.90 Å². The van der Waals surface area contributed by atoms with Crippen LogP contribution in [-0.4, -0.2) is 23.1 Å². The zero-order valence-electron chi connectivity index (χ0n) is 10.4. The van der Waals surface area contributed by atoms with Crippen LogP contribution >= 0.6 is 15.9 Å². The van der Waals surface area contributed by atoms with Gasteiger partial charge in [-0.1, -0.05) is 22.0 Å². The Hall–Kier alpha value is -1.88. The number of hydrogen-bond donors (Lipinski definition) is 1. The number of aromatic nitrogens is 1. The smallest absolute Gasteiger partial charge is 0.337 e. The van der Waals surface area contributed by atoms with E-state index in [1.54, 1.807) is 24.5 Å². The minimum atomic E-state index is -0.936. The molecule has 1 aromatic carbocycles. The highest BCUT2D eigenvalue weighted by Gasteiger charge is 2.14. The molecule has 98 valence electrons. The van der Waals surface area contributed by atoms with Gasteiger partial charge in [0.1, 0.15) is 0 Å². The van der Waals surface area contributed by atoms with E-state index in [1.165, 1.54) is 0 Å². The van der Waals surface area contributed by atoms with Crippen LogP contribution in [0.5, 0.6) is 0 Å². The Bertz CT molecular complexity index is 587. The van der Waals surface area contributed by atoms with Crippen LogP contribution in [0.3, 0.4) is 0 Å². The molecule has 0 bridgehead atoms. The van der Waals surface area contributed by atoms with E-state index in [9.17, 15) is 9.90 Å². The molecule has 2 rings (SSSR count). The van der Waals surface area contributed by atoms with Gasteiger partial charge in [0.2, 0.25) is 0 Å². The molecule has 0 aliphatic rings. The van der Waals surface area contributed by atoms with E-state index in [4.69, 9.17) is 0 Å². The monoisotopic (exact) mass is 320 g/mol. The van der Waals surface area contributed by atoms with Gasteiger partial charge in [0.15, 0.2) is 0 Å². The predicted octanol–water partition coefficient (Wildman–Crippen LogP) is 3.18. The number of carboxylic acids is 1. The molecule has 2 aromatic rings. The summed E-state index contributed by atoms with van der Waals surface area (Å²) >= 11 is 3.29. The molecule has 0 aliphatic carbocycles. The first-order valence-electron chi connectivity index (χ1n) is 5.71. The van der Waals surface area contributed by atoms with Crippen LogP contribution in [0, 0.1) is 0 Å². The topological polar surface area (TPSA) is 53.4 Å². The van der Waals surface area contributed by atoms with Gasteiger partial charge >= 0.3 is 5.97 Å². The third kappa shape index (κ3) is 3.32. The van der Waals surface area contributed by atoms with Gasteiger partial charge in [0.25, 0.3) is 0 Å². The molecule has 0 atom stereocenters. The minimum absolute atomic E-state index is 0.278. The summed E-state index contributed by atoms with van der Waals surface area (Å²) in [5, 5.41) is 9.25. The molecule has 4 nitrogen and oxygen atoms in total. The summed E-state index contributed by atoms with van der Waals surface area (Å²) in [7, 11) is 1.86. The Labute approximate surface area is 119 Å². The largest absolute Gasteiger partial charge is 0.478 e. The van der Waals surface area contributed by atoms with Crippen molar-refractivity contribution in [1.29, 1.82) is 0 Å². The second-order valence-corrected chi connectivity index (χ2v) is 5.10. The first-order chi connectivity index (χ1) is 9.08. The zero-order valence-corrected chi connectivity index (χ0v) is 12.0. The lowest BCUT2D eigenvalue weighted by Crippen LogP contribution is -2.19. The van der Waals surface area contributed by atoms with Crippen molar-refractivity contribution in [3.8, 4) is 0 Å². The highest BCUT2D eigenvalue weighted by molar-refractivity contribution is 9.10. The van der Waals surface area contributed by atoms with E-state index in [0.717, 1.165) is 10.0 Å². The van der Waals surface area contributed by atoms with Crippen molar-refractivity contribution in [3.05, 3.63) is 58.3 Å². The lowest BCUT2D eigenvalue weighted by atomic mass is 10.1. The number of aromatic carboxylic acids is 1. The molecule has 1 heterocycles. The summed E-state index contributed by atoms with van der Waals surface area (Å²) < 4.78 is 0.753. The maximum absolute atomic E-state index is 11.3. The van der Waals surface area contributed by atoms with Crippen LogP contribution in [0.4, 0.5) is 5.69 Å². The molecule has 0 unspecified atom stereocenters.